The van der Waals surface area contributed by atoms with Gasteiger partial charge in [0.25, 0.3) is 0 Å². The van der Waals surface area contributed by atoms with Gasteiger partial charge in [0.2, 0.25) is 10.0 Å². The zero-order valence-corrected chi connectivity index (χ0v) is 13.6. The third kappa shape index (κ3) is 2.99. The number of nitrogens with one attached hydrogen (secondary N) is 1. The summed E-state index contributed by atoms with van der Waals surface area (Å²) >= 11 is 0. The molecule has 2 aromatic rings. The minimum absolute atomic E-state index is 0.0209. The van der Waals surface area contributed by atoms with Crippen molar-refractivity contribution in [1.82, 2.24) is 9.71 Å². The summed E-state index contributed by atoms with van der Waals surface area (Å²) in [6, 6.07) is 7.99. The van der Waals surface area contributed by atoms with Gasteiger partial charge in [-0.2, -0.15) is 0 Å². The number of aromatic nitrogens is 1. The van der Waals surface area contributed by atoms with Gasteiger partial charge in [-0.25, -0.2) is 21.6 Å². The molecule has 0 bridgehead atoms. The molecule has 0 aliphatic carbocycles. The van der Waals surface area contributed by atoms with Crippen LogP contribution in [0.1, 0.15) is 12.1 Å². The van der Waals surface area contributed by atoms with Crippen LogP contribution in [0, 0.1) is 6.92 Å². The van der Waals surface area contributed by atoms with E-state index in [1.54, 1.807) is 19.1 Å². The number of sulfone groups is 1. The van der Waals surface area contributed by atoms with E-state index in [2.05, 4.69) is 9.71 Å². The molecule has 1 atom stereocenters. The second-order valence-corrected chi connectivity index (χ2v) is 9.41. The maximum absolute atomic E-state index is 12.6. The molecule has 1 fully saturated rings. The van der Waals surface area contributed by atoms with Gasteiger partial charge in [0.1, 0.15) is 4.90 Å². The number of hydrogen-bond donors (Lipinski definition) is 1. The van der Waals surface area contributed by atoms with Crippen molar-refractivity contribution in [2.24, 2.45) is 0 Å². The topological polar surface area (TPSA) is 93.2 Å². The van der Waals surface area contributed by atoms with Gasteiger partial charge < -0.3 is 0 Å². The van der Waals surface area contributed by atoms with Crippen LogP contribution < -0.4 is 4.72 Å². The quantitative estimate of drug-likeness (QED) is 0.900. The standard InChI is InChI=1S/C14H16N2O4S2/c1-10-5-6-11-3-2-4-13(14(11)15-10)22(19,20)16-12-7-8-21(17,18)9-12/h2-6,12,16H,7-9H2,1H3/t12-/m0/s1. The molecule has 0 amide bonds. The number of para-hydroxylation sites is 1. The fourth-order valence-corrected chi connectivity index (χ4v) is 5.83. The van der Waals surface area contributed by atoms with Gasteiger partial charge in [0.15, 0.2) is 9.84 Å². The number of sulfonamides is 1. The van der Waals surface area contributed by atoms with E-state index in [-0.39, 0.29) is 16.4 Å². The summed E-state index contributed by atoms with van der Waals surface area (Å²) < 4.78 is 50.6. The molecule has 1 aromatic carbocycles. The molecular weight excluding hydrogens is 324 g/mol. The van der Waals surface area contributed by atoms with E-state index >= 15 is 0 Å². The molecule has 0 unspecified atom stereocenters. The van der Waals surface area contributed by atoms with Crippen LogP contribution in [0.3, 0.4) is 0 Å². The maximum atomic E-state index is 12.6. The van der Waals surface area contributed by atoms with Gasteiger partial charge in [-0.1, -0.05) is 18.2 Å². The largest absolute Gasteiger partial charge is 0.252 e. The van der Waals surface area contributed by atoms with Crippen LogP contribution in [0.25, 0.3) is 10.9 Å². The van der Waals surface area contributed by atoms with Crippen LogP contribution in [0.15, 0.2) is 35.2 Å². The van der Waals surface area contributed by atoms with Crippen molar-refractivity contribution >= 4 is 30.8 Å². The molecular formula is C14H16N2O4S2. The van der Waals surface area contributed by atoms with Crippen LogP contribution in [0.4, 0.5) is 0 Å². The van der Waals surface area contributed by atoms with Crippen molar-refractivity contribution in [2.45, 2.75) is 24.3 Å². The fraction of sp³-hybridized carbons (Fsp3) is 0.357. The van der Waals surface area contributed by atoms with Crippen molar-refractivity contribution in [2.75, 3.05) is 11.5 Å². The Morgan fingerprint density at radius 2 is 2.00 bits per heavy atom. The van der Waals surface area contributed by atoms with E-state index in [4.69, 9.17) is 0 Å². The number of pyridine rings is 1. The lowest BCUT2D eigenvalue weighted by atomic mass is 10.2. The Morgan fingerprint density at radius 3 is 2.68 bits per heavy atom. The van der Waals surface area contributed by atoms with E-state index in [1.165, 1.54) is 6.07 Å². The minimum atomic E-state index is -3.81. The highest BCUT2D eigenvalue weighted by Gasteiger charge is 2.32. The van der Waals surface area contributed by atoms with Gasteiger partial charge in [-0.15, -0.1) is 0 Å². The van der Waals surface area contributed by atoms with E-state index in [0.717, 1.165) is 11.1 Å². The molecule has 6 nitrogen and oxygen atoms in total. The Bertz CT molecular complexity index is 936. The molecule has 1 aromatic heterocycles. The van der Waals surface area contributed by atoms with Gasteiger partial charge >= 0.3 is 0 Å². The predicted octanol–water partition coefficient (Wildman–Crippen LogP) is 1.01. The van der Waals surface area contributed by atoms with E-state index in [1.807, 2.05) is 12.1 Å². The molecule has 3 rings (SSSR count). The first kappa shape index (κ1) is 15.4. The van der Waals surface area contributed by atoms with Crippen molar-refractivity contribution in [3.05, 3.63) is 36.0 Å². The SMILES string of the molecule is Cc1ccc2cccc(S(=O)(=O)N[C@H]3CCS(=O)(=O)C3)c2n1. The van der Waals surface area contributed by atoms with Crippen molar-refractivity contribution in [3.63, 3.8) is 0 Å². The third-order valence-electron chi connectivity index (χ3n) is 3.67. The van der Waals surface area contributed by atoms with Crippen LogP contribution in [0.2, 0.25) is 0 Å². The summed E-state index contributed by atoms with van der Waals surface area (Å²) in [5.41, 5.74) is 1.12. The number of fused-ring (bicyclic) bond motifs is 1. The molecule has 1 N–H and O–H groups in total. The summed E-state index contributed by atoms with van der Waals surface area (Å²) in [6.45, 7) is 1.79. The molecule has 118 valence electrons. The summed E-state index contributed by atoms with van der Waals surface area (Å²) in [4.78, 5) is 4.39. The van der Waals surface area contributed by atoms with Crippen molar-refractivity contribution in [1.29, 1.82) is 0 Å². The molecule has 0 spiro atoms. The molecule has 8 heteroatoms. The lowest BCUT2D eigenvalue weighted by molar-refractivity contribution is 0.563. The van der Waals surface area contributed by atoms with Gasteiger partial charge in [-0.05, 0) is 25.5 Å². The first-order valence-electron chi connectivity index (χ1n) is 6.86. The molecule has 1 aliphatic heterocycles. The highest BCUT2D eigenvalue weighted by atomic mass is 32.2. The van der Waals surface area contributed by atoms with Gasteiger partial charge in [0, 0.05) is 17.1 Å². The average Bonchev–Trinajstić information content (AvgIpc) is 2.76. The molecule has 2 heterocycles. The lowest BCUT2D eigenvalue weighted by Crippen LogP contribution is -2.35. The minimum Gasteiger partial charge on any atom is -0.252 e. The van der Waals surface area contributed by atoms with Crippen LogP contribution in [-0.4, -0.2) is 39.4 Å². The Balaban J connectivity index is 2.01. The van der Waals surface area contributed by atoms with Gasteiger partial charge in [-0.3, -0.25) is 4.98 Å². The summed E-state index contributed by atoms with van der Waals surface area (Å²) in [6.07, 6.45) is 0.304. The highest BCUT2D eigenvalue weighted by Crippen LogP contribution is 2.23. The predicted molar refractivity (Wildman–Crippen MR) is 83.9 cm³/mol. The third-order valence-corrected chi connectivity index (χ3v) is 6.99. The average molecular weight is 340 g/mol. The second-order valence-electron chi connectivity index (χ2n) is 5.50. The fourth-order valence-electron chi connectivity index (χ4n) is 2.61. The Hall–Kier alpha value is -1.51. The zero-order chi connectivity index (χ0) is 16.0. The summed E-state index contributed by atoms with van der Waals surface area (Å²) in [7, 11) is -6.96. The number of nitrogens with zero attached hydrogens (tertiary/aromatic N) is 1. The van der Waals surface area contributed by atoms with E-state index < -0.39 is 25.9 Å². The maximum Gasteiger partial charge on any atom is 0.243 e. The Kier molecular flexibility index (Phi) is 3.70. The summed E-state index contributed by atoms with van der Waals surface area (Å²) in [5, 5.41) is 0.729. The van der Waals surface area contributed by atoms with Crippen LogP contribution >= 0.6 is 0 Å². The Labute approximate surface area is 129 Å². The second kappa shape index (κ2) is 5.29. The molecule has 0 radical (unpaired) electrons. The molecule has 1 saturated heterocycles. The monoisotopic (exact) mass is 340 g/mol. The number of hydrogen-bond acceptors (Lipinski definition) is 5. The number of aryl methyl sites for hydroxylation is 1. The van der Waals surface area contributed by atoms with Gasteiger partial charge in [0.05, 0.1) is 17.0 Å². The van der Waals surface area contributed by atoms with Crippen molar-refractivity contribution in [3.8, 4) is 0 Å². The van der Waals surface area contributed by atoms with Crippen LogP contribution in [0.5, 0.6) is 0 Å². The van der Waals surface area contributed by atoms with E-state index in [0.29, 0.717) is 11.9 Å². The van der Waals surface area contributed by atoms with Crippen LogP contribution in [-0.2, 0) is 19.9 Å². The molecule has 0 saturated carbocycles. The first-order chi connectivity index (χ1) is 10.3. The van der Waals surface area contributed by atoms with Crippen molar-refractivity contribution < 1.29 is 16.8 Å². The first-order valence-corrected chi connectivity index (χ1v) is 10.2. The van der Waals surface area contributed by atoms with E-state index in [9.17, 15) is 16.8 Å². The normalized spacial score (nSPS) is 21.2. The zero-order valence-electron chi connectivity index (χ0n) is 12.0. The Morgan fingerprint density at radius 1 is 1.23 bits per heavy atom. The molecule has 22 heavy (non-hydrogen) atoms. The highest BCUT2D eigenvalue weighted by molar-refractivity contribution is 7.92. The smallest absolute Gasteiger partial charge is 0.243 e. The number of rotatable bonds is 3. The number of benzene rings is 1. The molecule has 1 aliphatic rings. The lowest BCUT2D eigenvalue weighted by Gasteiger charge is -2.13. The summed E-state index contributed by atoms with van der Waals surface area (Å²) in [5.74, 6) is -0.128.